The second-order valence-corrected chi connectivity index (χ2v) is 7.40. The number of pyridine rings is 2. The Bertz CT molecular complexity index is 1390. The number of halogens is 4. The number of aromatic nitrogens is 4. The summed E-state index contributed by atoms with van der Waals surface area (Å²) in [6.07, 6.45) is -2.45. The largest absolute Gasteiger partial charge is 0.481 e. The van der Waals surface area contributed by atoms with Crippen molar-refractivity contribution in [2.75, 3.05) is 19.0 Å². The third-order valence-corrected chi connectivity index (χ3v) is 5.01. The number of rotatable bonds is 7. The molecule has 4 aromatic rings. The van der Waals surface area contributed by atoms with Crippen LogP contribution in [0, 0.1) is 5.82 Å². The van der Waals surface area contributed by atoms with Crippen molar-refractivity contribution in [2.24, 2.45) is 0 Å². The standard InChI is InChI=1S/C23H19F4N5O3/c1-3-35-21-16-8-13(10-28-20(16)31-32-21)15-5-4-12(6-18(15)24)7-19(33)30-14-9-17(23(25,26)27)22(34-2)29-11-14/h4-6,8-11H,3,7H2,1-2H3,(H,30,33)(H,28,31,32). The van der Waals surface area contributed by atoms with Crippen LogP contribution >= 0.6 is 0 Å². The van der Waals surface area contributed by atoms with E-state index in [4.69, 9.17) is 4.74 Å². The summed E-state index contributed by atoms with van der Waals surface area (Å²) in [7, 11) is 1.06. The number of H-pyrrole nitrogens is 1. The highest BCUT2D eigenvalue weighted by molar-refractivity contribution is 5.92. The molecule has 0 fully saturated rings. The van der Waals surface area contributed by atoms with E-state index in [1.807, 2.05) is 6.92 Å². The number of carbonyl (C=O) groups excluding carboxylic acids is 1. The van der Waals surface area contributed by atoms with Crippen LogP contribution in [-0.4, -0.2) is 39.8 Å². The molecule has 0 aliphatic carbocycles. The van der Waals surface area contributed by atoms with E-state index in [0.29, 0.717) is 34.6 Å². The molecule has 0 atom stereocenters. The molecule has 12 heteroatoms. The van der Waals surface area contributed by atoms with Crippen LogP contribution in [0.15, 0.2) is 42.7 Å². The Morgan fingerprint density at radius 2 is 1.91 bits per heavy atom. The van der Waals surface area contributed by atoms with E-state index < -0.39 is 29.3 Å². The molecule has 2 N–H and O–H groups in total. The van der Waals surface area contributed by atoms with Gasteiger partial charge in [0, 0.05) is 17.3 Å². The molecule has 0 aliphatic heterocycles. The van der Waals surface area contributed by atoms with E-state index in [2.05, 4.69) is 30.2 Å². The summed E-state index contributed by atoms with van der Waals surface area (Å²) < 4.78 is 64.4. The maximum atomic E-state index is 14.9. The predicted octanol–water partition coefficient (Wildman–Crippen LogP) is 4.77. The Morgan fingerprint density at radius 3 is 2.60 bits per heavy atom. The number of anilines is 1. The van der Waals surface area contributed by atoms with Gasteiger partial charge in [-0.3, -0.25) is 9.89 Å². The van der Waals surface area contributed by atoms with Gasteiger partial charge in [-0.25, -0.2) is 14.4 Å². The molecule has 0 saturated carbocycles. The average Bonchev–Trinajstić information content (AvgIpc) is 3.21. The van der Waals surface area contributed by atoms with Crippen LogP contribution in [0.4, 0.5) is 23.2 Å². The molecule has 8 nitrogen and oxygen atoms in total. The summed E-state index contributed by atoms with van der Waals surface area (Å²) in [6, 6.07) is 6.65. The summed E-state index contributed by atoms with van der Waals surface area (Å²) >= 11 is 0. The van der Waals surface area contributed by atoms with Gasteiger partial charge in [-0.05, 0) is 30.7 Å². The number of hydrogen-bond acceptors (Lipinski definition) is 6. The van der Waals surface area contributed by atoms with E-state index in [9.17, 15) is 22.4 Å². The molecule has 1 aromatic carbocycles. The first-order chi connectivity index (χ1) is 16.7. The lowest BCUT2D eigenvalue weighted by atomic mass is 10.0. The fourth-order valence-electron chi connectivity index (χ4n) is 3.45. The summed E-state index contributed by atoms with van der Waals surface area (Å²) in [4.78, 5) is 20.2. The lowest BCUT2D eigenvalue weighted by Crippen LogP contribution is -2.16. The number of carbonyl (C=O) groups is 1. The van der Waals surface area contributed by atoms with Crippen LogP contribution < -0.4 is 14.8 Å². The number of fused-ring (bicyclic) bond motifs is 1. The minimum atomic E-state index is -4.71. The Kier molecular flexibility index (Phi) is 6.54. The summed E-state index contributed by atoms with van der Waals surface area (Å²) in [5.74, 6) is -1.49. The van der Waals surface area contributed by atoms with Gasteiger partial charge < -0.3 is 14.8 Å². The molecule has 4 rings (SSSR count). The van der Waals surface area contributed by atoms with Gasteiger partial charge in [0.15, 0.2) is 5.65 Å². The average molecular weight is 489 g/mol. The third kappa shape index (κ3) is 5.15. The molecule has 3 heterocycles. The van der Waals surface area contributed by atoms with Gasteiger partial charge in [0.2, 0.25) is 17.7 Å². The monoisotopic (exact) mass is 489 g/mol. The van der Waals surface area contributed by atoms with E-state index in [0.717, 1.165) is 19.4 Å². The van der Waals surface area contributed by atoms with Crippen LogP contribution in [0.1, 0.15) is 18.1 Å². The maximum absolute atomic E-state index is 14.9. The maximum Gasteiger partial charge on any atom is 0.421 e. The van der Waals surface area contributed by atoms with Crippen LogP contribution in [0.3, 0.4) is 0 Å². The van der Waals surface area contributed by atoms with Crippen LogP contribution in [0.5, 0.6) is 11.8 Å². The molecule has 0 saturated heterocycles. The van der Waals surface area contributed by atoms with E-state index >= 15 is 0 Å². The number of amides is 1. The normalized spacial score (nSPS) is 11.5. The number of hydrogen-bond donors (Lipinski definition) is 2. The molecule has 0 bridgehead atoms. The number of ether oxygens (including phenoxy) is 2. The van der Waals surface area contributed by atoms with Crippen molar-refractivity contribution in [1.29, 1.82) is 0 Å². The fraction of sp³-hybridized carbons (Fsp3) is 0.217. The summed E-state index contributed by atoms with van der Waals surface area (Å²) in [5.41, 5.74) is 0.272. The van der Waals surface area contributed by atoms with E-state index in [-0.39, 0.29) is 17.7 Å². The Balaban J connectivity index is 1.51. The molecule has 0 aliphatic rings. The molecule has 1 amide bonds. The first-order valence-electron chi connectivity index (χ1n) is 10.4. The fourth-order valence-corrected chi connectivity index (χ4v) is 3.45. The highest BCUT2D eigenvalue weighted by Crippen LogP contribution is 2.36. The molecule has 3 aromatic heterocycles. The zero-order valence-electron chi connectivity index (χ0n) is 18.5. The quantitative estimate of drug-likeness (QED) is 0.363. The molecule has 35 heavy (non-hydrogen) atoms. The Hall–Kier alpha value is -4.22. The van der Waals surface area contributed by atoms with Crippen LogP contribution in [0.25, 0.3) is 22.2 Å². The van der Waals surface area contributed by atoms with Crippen LogP contribution in [-0.2, 0) is 17.4 Å². The molecule has 0 spiro atoms. The van der Waals surface area contributed by atoms with Crippen molar-refractivity contribution < 1.29 is 31.8 Å². The molecule has 182 valence electrons. The lowest BCUT2D eigenvalue weighted by Gasteiger charge is -2.13. The Labute approximate surface area is 196 Å². The first kappa shape index (κ1) is 23.9. The van der Waals surface area contributed by atoms with Crippen LogP contribution in [0.2, 0.25) is 0 Å². The highest BCUT2D eigenvalue weighted by Gasteiger charge is 2.35. The van der Waals surface area contributed by atoms with Crippen molar-refractivity contribution >= 4 is 22.6 Å². The van der Waals surface area contributed by atoms with Gasteiger partial charge in [0.05, 0.1) is 37.4 Å². The van der Waals surface area contributed by atoms with Crippen molar-refractivity contribution in [2.45, 2.75) is 19.5 Å². The van der Waals surface area contributed by atoms with Gasteiger partial charge in [-0.1, -0.05) is 12.1 Å². The third-order valence-electron chi connectivity index (χ3n) is 5.01. The number of nitrogens with zero attached hydrogens (tertiary/aromatic N) is 3. The number of nitrogens with one attached hydrogen (secondary N) is 2. The summed E-state index contributed by atoms with van der Waals surface area (Å²) in [6.45, 7) is 2.21. The van der Waals surface area contributed by atoms with Gasteiger partial charge in [0.25, 0.3) is 0 Å². The van der Waals surface area contributed by atoms with E-state index in [1.165, 1.54) is 18.3 Å². The zero-order valence-corrected chi connectivity index (χ0v) is 18.5. The Morgan fingerprint density at radius 1 is 1.11 bits per heavy atom. The van der Waals surface area contributed by atoms with Gasteiger partial charge in [0.1, 0.15) is 11.4 Å². The minimum absolute atomic E-state index is 0.162. The minimum Gasteiger partial charge on any atom is -0.481 e. The topological polar surface area (TPSA) is 102 Å². The molecule has 0 unspecified atom stereocenters. The van der Waals surface area contributed by atoms with Crippen molar-refractivity contribution in [1.82, 2.24) is 20.2 Å². The molecule has 0 radical (unpaired) electrons. The highest BCUT2D eigenvalue weighted by atomic mass is 19.4. The van der Waals surface area contributed by atoms with Crippen molar-refractivity contribution in [3.63, 3.8) is 0 Å². The second-order valence-electron chi connectivity index (χ2n) is 7.40. The van der Waals surface area contributed by atoms with Crippen molar-refractivity contribution in [3.05, 3.63) is 59.7 Å². The number of aromatic amines is 1. The number of alkyl halides is 3. The predicted molar refractivity (Wildman–Crippen MR) is 119 cm³/mol. The van der Waals surface area contributed by atoms with Crippen molar-refractivity contribution in [3.8, 4) is 22.9 Å². The van der Waals surface area contributed by atoms with E-state index in [1.54, 1.807) is 12.1 Å². The number of methoxy groups -OCH3 is 1. The molecular weight excluding hydrogens is 470 g/mol. The van der Waals surface area contributed by atoms with Gasteiger partial charge >= 0.3 is 6.18 Å². The molecular formula is C23H19F4N5O3. The van der Waals surface area contributed by atoms with Gasteiger partial charge in [-0.15, -0.1) is 5.10 Å². The smallest absolute Gasteiger partial charge is 0.421 e. The van der Waals surface area contributed by atoms with Gasteiger partial charge in [-0.2, -0.15) is 13.2 Å². The zero-order chi connectivity index (χ0) is 25.2. The summed E-state index contributed by atoms with van der Waals surface area (Å²) in [5, 5.41) is 9.70. The number of benzene rings is 1. The SMILES string of the molecule is CCOc1n[nH]c2ncc(-c3ccc(CC(=O)Nc4cnc(OC)c(C(F)(F)F)c4)cc3F)cc12. The lowest BCUT2D eigenvalue weighted by molar-refractivity contribution is -0.139. The second kappa shape index (κ2) is 9.57. The first-order valence-corrected chi connectivity index (χ1v) is 10.4.